The second-order valence-electron chi connectivity index (χ2n) is 3.79. The van der Waals surface area contributed by atoms with Crippen LogP contribution in [0.1, 0.15) is 33.6 Å². The summed E-state index contributed by atoms with van der Waals surface area (Å²) in [6, 6.07) is 0. The largest absolute Gasteiger partial charge is 0.378 e. The summed E-state index contributed by atoms with van der Waals surface area (Å²) in [7, 11) is 1.73. The molecule has 84 valence electrons. The molecule has 0 saturated heterocycles. The summed E-state index contributed by atoms with van der Waals surface area (Å²) in [4.78, 5) is 11.1. The maximum absolute atomic E-state index is 11.1. The number of ether oxygens (including phenoxy) is 1. The molecule has 0 bridgehead atoms. The zero-order valence-corrected chi connectivity index (χ0v) is 9.59. The topological polar surface area (TPSA) is 64.3 Å². The Labute approximate surface area is 86.2 Å². The Morgan fingerprint density at radius 3 is 2.57 bits per heavy atom. The number of likely N-dealkylation sites (N-methyl/N-ethyl adjacent to an activating group) is 1. The molecule has 4 nitrogen and oxygen atoms in total. The van der Waals surface area contributed by atoms with Crippen LogP contribution in [0.5, 0.6) is 0 Å². The van der Waals surface area contributed by atoms with Crippen molar-refractivity contribution in [2.24, 2.45) is 5.73 Å². The molecular formula is C10H22N2O2. The third-order valence-electron chi connectivity index (χ3n) is 2.67. The lowest BCUT2D eigenvalue weighted by atomic mass is 9.98. The van der Waals surface area contributed by atoms with Gasteiger partial charge in [-0.1, -0.05) is 6.92 Å². The first kappa shape index (κ1) is 13.4. The van der Waals surface area contributed by atoms with Crippen LogP contribution in [0, 0.1) is 0 Å². The van der Waals surface area contributed by atoms with E-state index in [0.29, 0.717) is 13.0 Å². The Hall–Kier alpha value is -0.610. The van der Waals surface area contributed by atoms with Gasteiger partial charge in [0.15, 0.2) is 0 Å². The van der Waals surface area contributed by atoms with Gasteiger partial charge < -0.3 is 15.8 Å². The van der Waals surface area contributed by atoms with E-state index in [9.17, 15) is 4.79 Å². The fourth-order valence-electron chi connectivity index (χ4n) is 0.953. The number of hydrogen-bond donors (Lipinski definition) is 2. The Balaban J connectivity index is 3.90. The van der Waals surface area contributed by atoms with Gasteiger partial charge in [0.25, 0.3) is 0 Å². The highest BCUT2D eigenvalue weighted by Gasteiger charge is 2.28. The van der Waals surface area contributed by atoms with Crippen molar-refractivity contribution >= 4 is 5.91 Å². The monoisotopic (exact) mass is 202 g/mol. The van der Waals surface area contributed by atoms with Gasteiger partial charge in [0.2, 0.25) is 5.91 Å². The molecule has 0 aliphatic rings. The lowest BCUT2D eigenvalue weighted by Gasteiger charge is -2.25. The Morgan fingerprint density at radius 2 is 2.21 bits per heavy atom. The minimum absolute atomic E-state index is 0.240. The fourth-order valence-corrected chi connectivity index (χ4v) is 0.953. The van der Waals surface area contributed by atoms with Crippen molar-refractivity contribution in [3.8, 4) is 0 Å². The van der Waals surface area contributed by atoms with E-state index in [1.807, 2.05) is 6.92 Å². The van der Waals surface area contributed by atoms with Crippen LogP contribution in [0.4, 0.5) is 0 Å². The number of nitrogens with two attached hydrogens (primary N) is 1. The molecule has 0 rings (SSSR count). The highest BCUT2D eigenvalue weighted by atomic mass is 16.5. The third-order valence-corrected chi connectivity index (χ3v) is 2.67. The van der Waals surface area contributed by atoms with E-state index in [0.717, 1.165) is 6.42 Å². The van der Waals surface area contributed by atoms with E-state index in [2.05, 4.69) is 12.2 Å². The molecule has 1 amide bonds. The van der Waals surface area contributed by atoms with Crippen molar-refractivity contribution in [1.82, 2.24) is 5.32 Å². The molecule has 0 aromatic carbocycles. The molecule has 4 heteroatoms. The van der Waals surface area contributed by atoms with Crippen molar-refractivity contribution in [2.45, 2.75) is 45.3 Å². The van der Waals surface area contributed by atoms with Gasteiger partial charge in [-0.15, -0.1) is 0 Å². The van der Waals surface area contributed by atoms with Crippen molar-refractivity contribution in [3.63, 3.8) is 0 Å². The van der Waals surface area contributed by atoms with Crippen molar-refractivity contribution in [2.75, 3.05) is 13.7 Å². The highest BCUT2D eigenvalue weighted by Crippen LogP contribution is 2.09. The molecule has 0 aliphatic carbocycles. The second-order valence-corrected chi connectivity index (χ2v) is 3.79. The first-order valence-electron chi connectivity index (χ1n) is 5.06. The fraction of sp³-hybridized carbons (Fsp3) is 0.900. The van der Waals surface area contributed by atoms with E-state index in [1.165, 1.54) is 0 Å². The minimum Gasteiger partial charge on any atom is -0.378 e. The van der Waals surface area contributed by atoms with Crippen LogP contribution in [0.3, 0.4) is 0 Å². The average molecular weight is 202 g/mol. The molecule has 3 N–H and O–H groups in total. The van der Waals surface area contributed by atoms with Gasteiger partial charge in [0, 0.05) is 6.61 Å². The van der Waals surface area contributed by atoms with E-state index >= 15 is 0 Å². The number of carbonyl (C=O) groups is 1. The molecule has 0 aliphatic heterocycles. The van der Waals surface area contributed by atoms with Gasteiger partial charge >= 0.3 is 0 Å². The molecule has 0 heterocycles. The molecule has 0 spiro atoms. The smallest absolute Gasteiger partial charge is 0.237 e. The predicted molar refractivity (Wildman–Crippen MR) is 57.0 cm³/mol. The molecule has 0 saturated carbocycles. The summed E-state index contributed by atoms with van der Waals surface area (Å²) in [5, 5.41) is 2.92. The lowest BCUT2D eigenvalue weighted by Crippen LogP contribution is -2.52. The van der Waals surface area contributed by atoms with E-state index < -0.39 is 5.54 Å². The van der Waals surface area contributed by atoms with Gasteiger partial charge in [-0.2, -0.15) is 0 Å². The SMILES string of the molecule is CCC(C)OCCC(C)(NC)C(N)=O. The normalized spacial score (nSPS) is 17.4. The molecular weight excluding hydrogens is 180 g/mol. The number of rotatable bonds is 7. The summed E-state index contributed by atoms with van der Waals surface area (Å²) >= 11 is 0. The summed E-state index contributed by atoms with van der Waals surface area (Å²) in [5.41, 5.74) is 4.61. The predicted octanol–water partition coefficient (Wildman–Crippen LogP) is 0.655. The van der Waals surface area contributed by atoms with Gasteiger partial charge in [-0.25, -0.2) is 0 Å². The molecule has 14 heavy (non-hydrogen) atoms. The lowest BCUT2D eigenvalue weighted by molar-refractivity contribution is -0.124. The highest BCUT2D eigenvalue weighted by molar-refractivity contribution is 5.84. The maximum Gasteiger partial charge on any atom is 0.237 e. The van der Waals surface area contributed by atoms with Gasteiger partial charge in [0.1, 0.15) is 0 Å². The van der Waals surface area contributed by atoms with Crippen LogP contribution in [-0.4, -0.2) is 31.2 Å². The third kappa shape index (κ3) is 4.07. The van der Waals surface area contributed by atoms with Crippen molar-refractivity contribution in [1.29, 1.82) is 0 Å². The van der Waals surface area contributed by atoms with E-state index in [-0.39, 0.29) is 12.0 Å². The molecule has 0 aromatic heterocycles. The van der Waals surface area contributed by atoms with E-state index in [1.54, 1.807) is 14.0 Å². The quantitative estimate of drug-likeness (QED) is 0.637. The first-order chi connectivity index (χ1) is 6.46. The van der Waals surface area contributed by atoms with E-state index in [4.69, 9.17) is 10.5 Å². The Morgan fingerprint density at radius 1 is 1.64 bits per heavy atom. The standard InChI is InChI=1S/C10H22N2O2/c1-5-8(2)14-7-6-10(3,12-4)9(11)13/h8,12H,5-7H2,1-4H3,(H2,11,13). The Kier molecular flexibility index (Phi) is 5.72. The zero-order valence-electron chi connectivity index (χ0n) is 9.59. The number of hydrogen-bond acceptors (Lipinski definition) is 3. The molecule has 0 aromatic rings. The van der Waals surface area contributed by atoms with Crippen molar-refractivity contribution < 1.29 is 9.53 Å². The van der Waals surface area contributed by atoms with Gasteiger partial charge in [0.05, 0.1) is 11.6 Å². The van der Waals surface area contributed by atoms with Crippen LogP contribution in [0.25, 0.3) is 0 Å². The first-order valence-corrected chi connectivity index (χ1v) is 5.06. The van der Waals surface area contributed by atoms with Crippen LogP contribution in [0.2, 0.25) is 0 Å². The van der Waals surface area contributed by atoms with Crippen molar-refractivity contribution in [3.05, 3.63) is 0 Å². The number of nitrogens with one attached hydrogen (secondary N) is 1. The van der Waals surface area contributed by atoms with Gasteiger partial charge in [-0.3, -0.25) is 4.79 Å². The summed E-state index contributed by atoms with van der Waals surface area (Å²) in [6.45, 7) is 6.42. The van der Waals surface area contributed by atoms with Crippen LogP contribution < -0.4 is 11.1 Å². The number of amides is 1. The molecule has 2 unspecified atom stereocenters. The second kappa shape index (κ2) is 5.98. The Bertz CT molecular complexity index is 185. The molecule has 0 radical (unpaired) electrons. The van der Waals surface area contributed by atoms with Crippen LogP contribution >= 0.6 is 0 Å². The van der Waals surface area contributed by atoms with Crippen LogP contribution in [0.15, 0.2) is 0 Å². The molecule has 0 fully saturated rings. The summed E-state index contributed by atoms with van der Waals surface area (Å²) in [5.74, 6) is -0.340. The minimum atomic E-state index is -0.659. The zero-order chi connectivity index (χ0) is 11.2. The summed E-state index contributed by atoms with van der Waals surface area (Å²) < 4.78 is 5.49. The number of primary amides is 1. The maximum atomic E-state index is 11.1. The van der Waals surface area contributed by atoms with Gasteiger partial charge in [-0.05, 0) is 33.7 Å². The average Bonchev–Trinajstić information content (AvgIpc) is 2.16. The number of carbonyl (C=O) groups excluding carboxylic acids is 1. The summed E-state index contributed by atoms with van der Waals surface area (Å²) in [6.07, 6.45) is 1.82. The van der Waals surface area contributed by atoms with Crippen LogP contribution in [-0.2, 0) is 9.53 Å². The molecule has 2 atom stereocenters.